The largest absolute Gasteiger partial charge is 0.326 e. The number of rotatable bonds is 6. The molecule has 2 aromatic carbocycles. The molecule has 0 aliphatic heterocycles. The third-order valence-corrected chi connectivity index (χ3v) is 5.13. The molecule has 5 nitrogen and oxygen atoms in total. The molecule has 2 N–H and O–H groups in total. The molecule has 0 spiro atoms. The molecule has 0 saturated heterocycles. The lowest BCUT2D eigenvalue weighted by Crippen LogP contribution is -2.16. The molecule has 0 fully saturated rings. The molecule has 6 heteroatoms. The Hall–Kier alpha value is -2.34. The summed E-state index contributed by atoms with van der Waals surface area (Å²) in [5.41, 5.74) is 2.90. The number of sulfonamides is 1. The van der Waals surface area contributed by atoms with Gasteiger partial charge in [-0.15, -0.1) is 0 Å². The normalized spacial score (nSPS) is 11.4. The summed E-state index contributed by atoms with van der Waals surface area (Å²) in [4.78, 5) is 11.9. The number of carbonyl (C=O) groups is 1. The molecule has 0 radical (unpaired) electrons. The Balaban J connectivity index is 2.16. The molecule has 0 aliphatic carbocycles. The molecule has 1 amide bonds. The monoisotopic (exact) mass is 360 g/mol. The van der Waals surface area contributed by atoms with E-state index in [1.165, 1.54) is 12.1 Å². The summed E-state index contributed by atoms with van der Waals surface area (Å²) in [5, 5.41) is 2.77. The molecule has 134 valence electrons. The molecule has 0 atom stereocenters. The fourth-order valence-corrected chi connectivity index (χ4v) is 3.67. The van der Waals surface area contributed by atoms with Gasteiger partial charge in [0.1, 0.15) is 0 Å². The first-order chi connectivity index (χ1) is 11.7. The minimum Gasteiger partial charge on any atom is -0.326 e. The Morgan fingerprint density at radius 2 is 1.56 bits per heavy atom. The van der Waals surface area contributed by atoms with E-state index < -0.39 is 10.0 Å². The second-order valence-electron chi connectivity index (χ2n) is 6.54. The molecule has 25 heavy (non-hydrogen) atoms. The summed E-state index contributed by atoms with van der Waals surface area (Å²) in [7, 11) is -3.69. The maximum atomic E-state index is 12.6. The Kier molecular flexibility index (Phi) is 5.85. The lowest BCUT2D eigenvalue weighted by atomic mass is 10.1. The average Bonchev–Trinajstić information content (AvgIpc) is 2.51. The zero-order valence-corrected chi connectivity index (χ0v) is 15.8. The third kappa shape index (κ3) is 5.06. The van der Waals surface area contributed by atoms with E-state index in [9.17, 15) is 13.2 Å². The molecule has 0 unspecified atom stereocenters. The van der Waals surface area contributed by atoms with Gasteiger partial charge in [0.25, 0.3) is 10.0 Å². The summed E-state index contributed by atoms with van der Waals surface area (Å²) in [6, 6.07) is 11.8. The van der Waals surface area contributed by atoms with Crippen LogP contribution in [0.2, 0.25) is 0 Å². The van der Waals surface area contributed by atoms with Crippen molar-refractivity contribution in [1.82, 2.24) is 0 Å². The Labute approximate surface area is 149 Å². The molecule has 0 aliphatic rings. The lowest BCUT2D eigenvalue weighted by Gasteiger charge is -2.13. The lowest BCUT2D eigenvalue weighted by molar-refractivity contribution is -0.116. The molecular formula is C19H24N2O3S. The number of para-hydroxylation sites is 1. The number of anilines is 2. The Bertz CT molecular complexity index is 836. The summed E-state index contributed by atoms with van der Waals surface area (Å²) in [6.07, 6.45) is 0.425. The highest BCUT2D eigenvalue weighted by molar-refractivity contribution is 7.92. The molecular weight excluding hydrogens is 336 g/mol. The van der Waals surface area contributed by atoms with Gasteiger partial charge in [-0.25, -0.2) is 8.42 Å². The molecule has 0 aromatic heterocycles. The van der Waals surface area contributed by atoms with Crippen LogP contribution in [0.25, 0.3) is 0 Å². The first-order valence-corrected chi connectivity index (χ1v) is 9.66. The second-order valence-corrected chi connectivity index (χ2v) is 8.23. The van der Waals surface area contributed by atoms with Crippen molar-refractivity contribution in [3.8, 4) is 0 Å². The number of benzene rings is 2. The fourth-order valence-electron chi connectivity index (χ4n) is 2.47. The van der Waals surface area contributed by atoms with Crippen molar-refractivity contribution < 1.29 is 13.2 Å². The Morgan fingerprint density at radius 3 is 2.08 bits per heavy atom. The van der Waals surface area contributed by atoms with E-state index >= 15 is 0 Å². The summed E-state index contributed by atoms with van der Waals surface area (Å²) in [5.74, 6) is 0.181. The van der Waals surface area contributed by atoms with E-state index in [1.807, 2.05) is 45.9 Å². The van der Waals surface area contributed by atoms with E-state index in [4.69, 9.17) is 0 Å². The topological polar surface area (TPSA) is 75.3 Å². The first-order valence-electron chi connectivity index (χ1n) is 8.18. The highest BCUT2D eigenvalue weighted by Crippen LogP contribution is 2.24. The quantitative estimate of drug-likeness (QED) is 0.815. The molecule has 0 heterocycles. The van der Waals surface area contributed by atoms with Crippen LogP contribution in [0.15, 0.2) is 47.4 Å². The van der Waals surface area contributed by atoms with Gasteiger partial charge in [0, 0.05) is 12.1 Å². The predicted octanol–water partition coefficient (Wildman–Crippen LogP) is 4.09. The standard InChI is InChI=1S/C19H24N2O3S/c1-13(2)12-18(22)20-16-8-10-17(11-9-16)25(23,24)21-19-14(3)6-5-7-15(19)4/h5-11,13,21H,12H2,1-4H3,(H,20,22). The maximum absolute atomic E-state index is 12.6. The van der Waals surface area contributed by atoms with E-state index in [1.54, 1.807) is 12.1 Å². The van der Waals surface area contributed by atoms with Crippen molar-refractivity contribution in [2.75, 3.05) is 10.0 Å². The van der Waals surface area contributed by atoms with Crippen molar-refractivity contribution in [1.29, 1.82) is 0 Å². The summed E-state index contributed by atoms with van der Waals surface area (Å²) >= 11 is 0. The van der Waals surface area contributed by atoms with Crippen molar-refractivity contribution in [3.63, 3.8) is 0 Å². The molecule has 2 aromatic rings. The van der Waals surface area contributed by atoms with Crippen LogP contribution < -0.4 is 10.0 Å². The van der Waals surface area contributed by atoms with Crippen LogP contribution in [-0.2, 0) is 14.8 Å². The van der Waals surface area contributed by atoms with Crippen LogP contribution in [0.5, 0.6) is 0 Å². The maximum Gasteiger partial charge on any atom is 0.261 e. The Morgan fingerprint density at radius 1 is 1.00 bits per heavy atom. The molecule has 0 bridgehead atoms. The van der Waals surface area contributed by atoms with Gasteiger partial charge in [0.15, 0.2) is 0 Å². The van der Waals surface area contributed by atoms with Gasteiger partial charge in [-0.3, -0.25) is 9.52 Å². The van der Waals surface area contributed by atoms with Gasteiger partial charge < -0.3 is 5.32 Å². The number of hydrogen-bond acceptors (Lipinski definition) is 3. The van der Waals surface area contributed by atoms with Crippen LogP contribution in [0.3, 0.4) is 0 Å². The average molecular weight is 360 g/mol. The van der Waals surface area contributed by atoms with Gasteiger partial charge >= 0.3 is 0 Å². The van der Waals surface area contributed by atoms with Crippen LogP contribution in [0.4, 0.5) is 11.4 Å². The van der Waals surface area contributed by atoms with Crippen molar-refractivity contribution in [2.45, 2.75) is 39.0 Å². The highest BCUT2D eigenvalue weighted by Gasteiger charge is 2.16. The van der Waals surface area contributed by atoms with Crippen molar-refractivity contribution >= 4 is 27.3 Å². The van der Waals surface area contributed by atoms with E-state index in [2.05, 4.69) is 10.0 Å². The summed E-state index contributed by atoms with van der Waals surface area (Å²) < 4.78 is 27.8. The number of amides is 1. The van der Waals surface area contributed by atoms with Crippen LogP contribution in [0, 0.1) is 19.8 Å². The zero-order valence-electron chi connectivity index (χ0n) is 15.0. The SMILES string of the molecule is Cc1cccc(C)c1NS(=O)(=O)c1ccc(NC(=O)CC(C)C)cc1. The number of carbonyl (C=O) groups excluding carboxylic acids is 1. The predicted molar refractivity (Wildman–Crippen MR) is 101 cm³/mol. The smallest absolute Gasteiger partial charge is 0.261 e. The van der Waals surface area contributed by atoms with Gasteiger partial charge in [-0.05, 0) is 55.2 Å². The fraction of sp³-hybridized carbons (Fsp3) is 0.316. The third-order valence-electron chi connectivity index (χ3n) is 3.76. The molecule has 0 saturated carbocycles. The minimum atomic E-state index is -3.69. The van der Waals surface area contributed by atoms with E-state index in [0.29, 0.717) is 17.8 Å². The van der Waals surface area contributed by atoms with Crippen molar-refractivity contribution in [2.24, 2.45) is 5.92 Å². The van der Waals surface area contributed by atoms with Gasteiger partial charge in [0.2, 0.25) is 5.91 Å². The van der Waals surface area contributed by atoms with Crippen LogP contribution >= 0.6 is 0 Å². The van der Waals surface area contributed by atoms with Crippen LogP contribution in [-0.4, -0.2) is 14.3 Å². The highest BCUT2D eigenvalue weighted by atomic mass is 32.2. The summed E-state index contributed by atoms with van der Waals surface area (Å²) in [6.45, 7) is 7.65. The first kappa shape index (κ1) is 19.0. The number of nitrogens with one attached hydrogen (secondary N) is 2. The van der Waals surface area contributed by atoms with Crippen molar-refractivity contribution in [3.05, 3.63) is 53.6 Å². The van der Waals surface area contributed by atoms with Gasteiger partial charge in [-0.1, -0.05) is 32.0 Å². The zero-order chi connectivity index (χ0) is 18.6. The van der Waals surface area contributed by atoms with E-state index in [-0.39, 0.29) is 16.7 Å². The molecule has 2 rings (SSSR count). The number of hydrogen-bond donors (Lipinski definition) is 2. The van der Waals surface area contributed by atoms with Gasteiger partial charge in [-0.2, -0.15) is 0 Å². The minimum absolute atomic E-state index is 0.0840. The number of aryl methyl sites for hydroxylation is 2. The van der Waals surface area contributed by atoms with E-state index in [0.717, 1.165) is 11.1 Å². The van der Waals surface area contributed by atoms with Gasteiger partial charge in [0.05, 0.1) is 10.6 Å². The second kappa shape index (κ2) is 7.70. The van der Waals surface area contributed by atoms with Crippen LogP contribution in [0.1, 0.15) is 31.4 Å².